The first-order valence-corrected chi connectivity index (χ1v) is 11.4. The first-order chi connectivity index (χ1) is 16.1. The lowest BCUT2D eigenvalue weighted by atomic mass is 9.93. The van der Waals surface area contributed by atoms with Crippen LogP contribution in [-0.4, -0.2) is 45.4 Å². The second kappa shape index (κ2) is 9.06. The van der Waals surface area contributed by atoms with Gasteiger partial charge in [0, 0.05) is 43.3 Å². The predicted octanol–water partition coefficient (Wildman–Crippen LogP) is 4.66. The lowest BCUT2D eigenvalue weighted by Gasteiger charge is -2.32. The van der Waals surface area contributed by atoms with Crippen molar-refractivity contribution in [3.05, 3.63) is 95.2 Å². The number of hydrogen-bond donors (Lipinski definition) is 0. The summed E-state index contributed by atoms with van der Waals surface area (Å²) in [5.74, 6) is 1.10. The van der Waals surface area contributed by atoms with Crippen molar-refractivity contribution in [1.29, 1.82) is 0 Å². The Morgan fingerprint density at radius 2 is 2.06 bits per heavy atom. The molecule has 0 bridgehead atoms. The van der Waals surface area contributed by atoms with Crippen molar-refractivity contribution in [3.63, 3.8) is 0 Å². The molecule has 1 saturated heterocycles. The van der Waals surface area contributed by atoms with Gasteiger partial charge in [-0.05, 0) is 73.2 Å². The minimum atomic E-state index is -0.00398. The third kappa shape index (κ3) is 4.60. The van der Waals surface area contributed by atoms with Gasteiger partial charge in [0.15, 0.2) is 0 Å². The molecule has 4 aromatic rings. The molecule has 1 atom stereocenters. The van der Waals surface area contributed by atoms with Crippen LogP contribution in [0.25, 0.3) is 5.65 Å². The molecule has 1 amide bonds. The third-order valence-corrected chi connectivity index (χ3v) is 6.35. The van der Waals surface area contributed by atoms with Gasteiger partial charge in [0.1, 0.15) is 17.1 Å². The Labute approximate surface area is 193 Å². The summed E-state index contributed by atoms with van der Waals surface area (Å²) in [6.45, 7) is 3.46. The van der Waals surface area contributed by atoms with Crippen LogP contribution in [0.2, 0.25) is 0 Å². The number of benzene rings is 1. The summed E-state index contributed by atoms with van der Waals surface area (Å²) < 4.78 is 7.23. The molecule has 6 heteroatoms. The number of likely N-dealkylation sites (tertiary alicyclic amines) is 1. The van der Waals surface area contributed by atoms with Crippen LogP contribution in [0.3, 0.4) is 0 Å². The predicted molar refractivity (Wildman–Crippen MR) is 128 cm³/mol. The highest BCUT2D eigenvalue weighted by Crippen LogP contribution is 2.27. The molecule has 5 rings (SSSR count). The summed E-state index contributed by atoms with van der Waals surface area (Å²) in [5.41, 5.74) is 5.85. The fourth-order valence-electron chi connectivity index (χ4n) is 4.55. The molecule has 0 spiro atoms. The number of ether oxygens (including phenoxy) is 1. The van der Waals surface area contributed by atoms with E-state index in [0.29, 0.717) is 12.2 Å². The third-order valence-electron chi connectivity index (χ3n) is 6.35. The zero-order valence-corrected chi connectivity index (χ0v) is 19.1. The van der Waals surface area contributed by atoms with Gasteiger partial charge in [-0.1, -0.05) is 18.2 Å². The number of piperidine rings is 1. The van der Waals surface area contributed by atoms with Crippen molar-refractivity contribution >= 4 is 11.6 Å². The summed E-state index contributed by atoms with van der Waals surface area (Å²) in [4.78, 5) is 24.4. The number of methoxy groups -OCH3 is 1. The molecule has 33 heavy (non-hydrogen) atoms. The number of carbonyl (C=O) groups excluding carboxylic acids is 1. The van der Waals surface area contributed by atoms with E-state index in [1.807, 2.05) is 59.1 Å². The van der Waals surface area contributed by atoms with Gasteiger partial charge in [-0.25, -0.2) is 4.98 Å². The van der Waals surface area contributed by atoms with Crippen molar-refractivity contribution in [1.82, 2.24) is 19.3 Å². The van der Waals surface area contributed by atoms with Gasteiger partial charge < -0.3 is 14.0 Å². The lowest BCUT2D eigenvalue weighted by Crippen LogP contribution is -2.39. The average Bonchev–Trinajstić information content (AvgIpc) is 3.27. The number of fused-ring (bicyclic) bond motifs is 1. The zero-order chi connectivity index (χ0) is 22.8. The Hall–Kier alpha value is -3.67. The number of hydrogen-bond acceptors (Lipinski definition) is 4. The standard InChI is InChI=1S/C27H28N4O2/c1-19-10-12-30-18-25(29-26(30)13-19)27(32)31-11-4-6-22(17-31)24-9-8-21(16-28-24)14-20-5-3-7-23(15-20)33-2/h3,5,7-10,12-13,15-16,18,22H,4,6,11,14,17H2,1-2H3. The van der Waals surface area contributed by atoms with E-state index >= 15 is 0 Å². The first-order valence-electron chi connectivity index (χ1n) is 11.4. The van der Waals surface area contributed by atoms with E-state index < -0.39 is 0 Å². The zero-order valence-electron chi connectivity index (χ0n) is 19.1. The van der Waals surface area contributed by atoms with Crippen LogP contribution in [0.15, 0.2) is 67.1 Å². The number of amides is 1. The van der Waals surface area contributed by atoms with Crippen LogP contribution in [0.1, 0.15) is 51.6 Å². The van der Waals surface area contributed by atoms with E-state index in [9.17, 15) is 4.79 Å². The molecule has 1 unspecified atom stereocenters. The Morgan fingerprint density at radius 3 is 2.88 bits per heavy atom. The molecular weight excluding hydrogens is 412 g/mol. The van der Waals surface area contributed by atoms with Crippen molar-refractivity contribution < 1.29 is 9.53 Å². The maximum Gasteiger partial charge on any atom is 0.274 e. The van der Waals surface area contributed by atoms with E-state index in [1.165, 1.54) is 5.56 Å². The minimum Gasteiger partial charge on any atom is -0.497 e. The SMILES string of the molecule is COc1cccc(Cc2ccc(C3CCCN(C(=O)c4cn5ccc(C)cc5n4)C3)nc2)c1. The maximum absolute atomic E-state index is 13.2. The molecule has 0 N–H and O–H groups in total. The topological polar surface area (TPSA) is 59.7 Å². The van der Waals surface area contributed by atoms with Gasteiger partial charge in [-0.15, -0.1) is 0 Å². The van der Waals surface area contributed by atoms with Crippen LogP contribution < -0.4 is 4.74 Å². The molecule has 168 valence electrons. The van der Waals surface area contributed by atoms with Gasteiger partial charge >= 0.3 is 0 Å². The summed E-state index contributed by atoms with van der Waals surface area (Å²) in [7, 11) is 1.68. The Balaban J connectivity index is 1.27. The van der Waals surface area contributed by atoms with Crippen molar-refractivity contribution in [3.8, 4) is 5.75 Å². The molecule has 4 heterocycles. The molecule has 6 nitrogen and oxygen atoms in total. The molecule has 1 aliphatic heterocycles. The first kappa shape index (κ1) is 21.2. The van der Waals surface area contributed by atoms with Gasteiger partial charge in [0.2, 0.25) is 0 Å². The number of rotatable bonds is 5. The second-order valence-corrected chi connectivity index (χ2v) is 8.81. The van der Waals surface area contributed by atoms with Crippen molar-refractivity contribution in [2.75, 3.05) is 20.2 Å². The molecule has 0 saturated carbocycles. The molecule has 0 aliphatic carbocycles. The van der Waals surface area contributed by atoms with E-state index in [1.54, 1.807) is 7.11 Å². The van der Waals surface area contributed by atoms with Gasteiger partial charge in [-0.3, -0.25) is 9.78 Å². The van der Waals surface area contributed by atoms with E-state index in [4.69, 9.17) is 9.72 Å². The fourth-order valence-corrected chi connectivity index (χ4v) is 4.55. The summed E-state index contributed by atoms with van der Waals surface area (Å²) in [6, 6.07) is 16.4. The molecule has 1 aliphatic rings. The largest absolute Gasteiger partial charge is 0.497 e. The van der Waals surface area contributed by atoms with E-state index in [2.05, 4.69) is 29.2 Å². The van der Waals surface area contributed by atoms with Gasteiger partial charge in [0.05, 0.1) is 7.11 Å². The smallest absolute Gasteiger partial charge is 0.274 e. The normalized spacial score (nSPS) is 16.2. The van der Waals surface area contributed by atoms with Crippen LogP contribution in [0.4, 0.5) is 0 Å². The van der Waals surface area contributed by atoms with Crippen LogP contribution in [0.5, 0.6) is 5.75 Å². The van der Waals surface area contributed by atoms with Crippen LogP contribution >= 0.6 is 0 Å². The van der Waals surface area contributed by atoms with E-state index in [0.717, 1.165) is 54.0 Å². The van der Waals surface area contributed by atoms with Crippen LogP contribution in [0, 0.1) is 6.92 Å². The average molecular weight is 441 g/mol. The summed E-state index contributed by atoms with van der Waals surface area (Å²) in [5, 5.41) is 0. The Bertz CT molecular complexity index is 1280. The number of pyridine rings is 2. The number of nitrogens with zero attached hydrogens (tertiary/aromatic N) is 4. The fraction of sp³-hybridized carbons (Fsp3) is 0.296. The monoisotopic (exact) mass is 440 g/mol. The second-order valence-electron chi connectivity index (χ2n) is 8.81. The highest BCUT2D eigenvalue weighted by atomic mass is 16.5. The summed E-state index contributed by atoms with van der Waals surface area (Å²) >= 11 is 0. The highest BCUT2D eigenvalue weighted by molar-refractivity contribution is 5.93. The number of aryl methyl sites for hydroxylation is 1. The van der Waals surface area contributed by atoms with E-state index in [-0.39, 0.29) is 11.8 Å². The maximum atomic E-state index is 13.2. The van der Waals surface area contributed by atoms with Crippen molar-refractivity contribution in [2.45, 2.75) is 32.1 Å². The Morgan fingerprint density at radius 1 is 1.15 bits per heavy atom. The number of imidazole rings is 1. The van der Waals surface area contributed by atoms with Gasteiger partial charge in [0.25, 0.3) is 5.91 Å². The Kier molecular flexibility index (Phi) is 5.82. The van der Waals surface area contributed by atoms with Crippen molar-refractivity contribution in [2.24, 2.45) is 0 Å². The van der Waals surface area contributed by atoms with Gasteiger partial charge in [-0.2, -0.15) is 0 Å². The molecule has 1 fully saturated rings. The number of carbonyl (C=O) groups is 1. The summed E-state index contributed by atoms with van der Waals surface area (Å²) in [6.07, 6.45) is 8.55. The lowest BCUT2D eigenvalue weighted by molar-refractivity contribution is 0.0700. The molecule has 1 aromatic carbocycles. The highest BCUT2D eigenvalue weighted by Gasteiger charge is 2.27. The minimum absolute atomic E-state index is 0.00398. The quantitative estimate of drug-likeness (QED) is 0.453. The molecular formula is C27H28N4O2. The molecule has 0 radical (unpaired) electrons. The molecule has 3 aromatic heterocycles. The van der Waals surface area contributed by atoms with Crippen LogP contribution in [-0.2, 0) is 6.42 Å². The number of aromatic nitrogens is 3.